The van der Waals surface area contributed by atoms with Crippen molar-refractivity contribution in [3.63, 3.8) is 0 Å². The predicted octanol–water partition coefficient (Wildman–Crippen LogP) is 1.53. The molecule has 0 fully saturated rings. The number of aromatic nitrogens is 5. The molecule has 29 heavy (non-hydrogen) atoms. The summed E-state index contributed by atoms with van der Waals surface area (Å²) in [7, 11) is 3.38. The predicted molar refractivity (Wildman–Crippen MR) is 111 cm³/mol. The summed E-state index contributed by atoms with van der Waals surface area (Å²) in [4.78, 5) is 34.0. The lowest BCUT2D eigenvalue weighted by Crippen LogP contribution is -2.39. The molecule has 154 valence electrons. The van der Waals surface area contributed by atoms with Crippen molar-refractivity contribution in [2.24, 2.45) is 7.05 Å². The van der Waals surface area contributed by atoms with Gasteiger partial charge in [0.2, 0.25) is 5.88 Å². The van der Waals surface area contributed by atoms with Gasteiger partial charge >= 0.3 is 5.69 Å². The first-order valence-corrected chi connectivity index (χ1v) is 9.47. The third-order valence-corrected chi connectivity index (χ3v) is 4.63. The SMILES string of the molecule is CCn1c(=O)c2c(nc(C=Cc3ccc(OCCOC)nc3)n2C)n(CC)c1=O. The molecule has 0 radical (unpaired) electrons. The Morgan fingerprint density at radius 1 is 1.07 bits per heavy atom. The van der Waals surface area contributed by atoms with Gasteiger partial charge < -0.3 is 14.0 Å². The van der Waals surface area contributed by atoms with Crippen molar-refractivity contribution in [3.8, 4) is 5.88 Å². The van der Waals surface area contributed by atoms with E-state index in [4.69, 9.17) is 9.47 Å². The van der Waals surface area contributed by atoms with Crippen LogP contribution in [0.4, 0.5) is 0 Å². The summed E-state index contributed by atoms with van der Waals surface area (Å²) in [5.41, 5.74) is 0.998. The van der Waals surface area contributed by atoms with Crippen molar-refractivity contribution in [3.05, 3.63) is 50.6 Å². The van der Waals surface area contributed by atoms with E-state index in [0.717, 1.165) is 5.56 Å². The zero-order chi connectivity index (χ0) is 21.0. The Hall–Kier alpha value is -3.20. The fourth-order valence-corrected chi connectivity index (χ4v) is 3.07. The van der Waals surface area contributed by atoms with E-state index in [2.05, 4.69) is 9.97 Å². The van der Waals surface area contributed by atoms with E-state index in [9.17, 15) is 9.59 Å². The Labute approximate surface area is 167 Å². The first-order chi connectivity index (χ1) is 14.0. The highest BCUT2D eigenvalue weighted by molar-refractivity contribution is 5.76. The molecule has 3 heterocycles. The summed E-state index contributed by atoms with van der Waals surface area (Å²) >= 11 is 0. The van der Waals surface area contributed by atoms with E-state index >= 15 is 0 Å². The van der Waals surface area contributed by atoms with Gasteiger partial charge in [-0.3, -0.25) is 13.9 Å². The van der Waals surface area contributed by atoms with E-state index in [1.54, 1.807) is 44.0 Å². The third kappa shape index (κ3) is 4.00. The minimum absolute atomic E-state index is 0.314. The number of methoxy groups -OCH3 is 1. The van der Waals surface area contributed by atoms with Gasteiger partial charge in [-0.25, -0.2) is 14.8 Å². The van der Waals surface area contributed by atoms with Crippen LogP contribution in [-0.2, 0) is 24.9 Å². The van der Waals surface area contributed by atoms with Crippen LogP contribution in [0, 0.1) is 0 Å². The third-order valence-electron chi connectivity index (χ3n) is 4.63. The van der Waals surface area contributed by atoms with Crippen LogP contribution in [0.3, 0.4) is 0 Å². The highest BCUT2D eigenvalue weighted by Gasteiger charge is 2.17. The average molecular weight is 399 g/mol. The molecule has 0 saturated carbocycles. The van der Waals surface area contributed by atoms with Crippen molar-refractivity contribution in [2.45, 2.75) is 26.9 Å². The second-order valence-electron chi connectivity index (χ2n) is 6.38. The van der Waals surface area contributed by atoms with E-state index in [1.165, 1.54) is 9.13 Å². The fourth-order valence-electron chi connectivity index (χ4n) is 3.07. The van der Waals surface area contributed by atoms with Crippen LogP contribution in [0.5, 0.6) is 5.88 Å². The zero-order valence-corrected chi connectivity index (χ0v) is 17.1. The van der Waals surface area contributed by atoms with E-state index in [-0.39, 0.29) is 11.2 Å². The molecule has 0 saturated heterocycles. The summed E-state index contributed by atoms with van der Waals surface area (Å²) in [6.07, 6.45) is 5.33. The summed E-state index contributed by atoms with van der Waals surface area (Å²) in [6.45, 7) is 5.32. The Morgan fingerprint density at radius 3 is 2.45 bits per heavy atom. The molecule has 0 N–H and O–H groups in total. The van der Waals surface area contributed by atoms with Gasteiger partial charge in [0.1, 0.15) is 12.4 Å². The monoisotopic (exact) mass is 399 g/mol. The van der Waals surface area contributed by atoms with Crippen molar-refractivity contribution in [1.82, 2.24) is 23.7 Å². The maximum absolute atomic E-state index is 12.7. The Morgan fingerprint density at radius 2 is 1.83 bits per heavy atom. The number of rotatable bonds is 8. The molecule has 9 nitrogen and oxygen atoms in total. The summed E-state index contributed by atoms with van der Waals surface area (Å²) in [5, 5.41) is 0. The molecule has 0 atom stereocenters. The van der Waals surface area contributed by atoms with Crippen LogP contribution in [-0.4, -0.2) is 44.0 Å². The van der Waals surface area contributed by atoms with Crippen LogP contribution in [0.15, 0.2) is 27.9 Å². The number of ether oxygens (including phenoxy) is 2. The average Bonchev–Trinajstić information content (AvgIpc) is 3.04. The number of nitrogens with zero attached hydrogens (tertiary/aromatic N) is 5. The van der Waals surface area contributed by atoms with Crippen LogP contribution < -0.4 is 16.0 Å². The molecule has 0 aliphatic rings. The van der Waals surface area contributed by atoms with Crippen molar-refractivity contribution < 1.29 is 9.47 Å². The van der Waals surface area contributed by atoms with Crippen LogP contribution in [0.2, 0.25) is 0 Å². The van der Waals surface area contributed by atoms with E-state index in [0.29, 0.717) is 49.2 Å². The van der Waals surface area contributed by atoms with Gasteiger partial charge in [0.25, 0.3) is 5.56 Å². The van der Waals surface area contributed by atoms with Gasteiger partial charge in [-0.1, -0.05) is 0 Å². The smallest absolute Gasteiger partial charge is 0.332 e. The molecule has 0 aliphatic carbocycles. The Bertz CT molecular complexity index is 1140. The topological polar surface area (TPSA) is 93.2 Å². The largest absolute Gasteiger partial charge is 0.475 e. The van der Waals surface area contributed by atoms with Crippen molar-refractivity contribution >= 4 is 23.3 Å². The molecule has 0 aromatic carbocycles. The van der Waals surface area contributed by atoms with Crippen molar-refractivity contribution in [1.29, 1.82) is 0 Å². The molecule has 0 bridgehead atoms. The Balaban J connectivity index is 1.95. The van der Waals surface area contributed by atoms with Crippen LogP contribution >= 0.6 is 0 Å². The molecule has 3 rings (SSSR count). The van der Waals surface area contributed by atoms with E-state index in [1.807, 2.05) is 19.1 Å². The van der Waals surface area contributed by atoms with Crippen LogP contribution in [0.25, 0.3) is 23.3 Å². The highest BCUT2D eigenvalue weighted by Crippen LogP contribution is 2.14. The lowest BCUT2D eigenvalue weighted by molar-refractivity contribution is 0.144. The standard InChI is InChI=1S/C20H25N5O4/c1-5-24-18-17(19(26)25(6-2)20(24)27)23(3)15(22-18)9-7-14-8-10-16(21-13-14)29-12-11-28-4/h7-10,13H,5-6,11-12H2,1-4H3. The number of pyridine rings is 1. The molecule has 0 aliphatic heterocycles. The maximum atomic E-state index is 12.7. The number of aryl methyl sites for hydroxylation is 2. The quantitative estimate of drug-likeness (QED) is 0.533. The minimum Gasteiger partial charge on any atom is -0.475 e. The molecule has 3 aromatic rings. The maximum Gasteiger partial charge on any atom is 0.332 e. The first-order valence-electron chi connectivity index (χ1n) is 9.47. The van der Waals surface area contributed by atoms with Gasteiger partial charge in [-0.15, -0.1) is 0 Å². The summed E-state index contributed by atoms with van der Waals surface area (Å²) in [6, 6.07) is 3.65. The molecular weight excluding hydrogens is 374 g/mol. The van der Waals surface area contributed by atoms with Gasteiger partial charge in [-0.2, -0.15) is 0 Å². The second-order valence-corrected chi connectivity index (χ2v) is 6.38. The van der Waals surface area contributed by atoms with Gasteiger partial charge in [-0.05, 0) is 37.6 Å². The lowest BCUT2D eigenvalue weighted by atomic mass is 10.2. The first kappa shape index (κ1) is 20.5. The minimum atomic E-state index is -0.339. The molecule has 0 unspecified atom stereocenters. The number of hydrogen-bond donors (Lipinski definition) is 0. The number of fused-ring (bicyclic) bond motifs is 1. The van der Waals surface area contributed by atoms with Crippen molar-refractivity contribution in [2.75, 3.05) is 20.3 Å². The summed E-state index contributed by atoms with van der Waals surface area (Å²) < 4.78 is 14.8. The molecule has 0 amide bonds. The van der Waals surface area contributed by atoms with Gasteiger partial charge in [0, 0.05) is 39.5 Å². The Kier molecular flexibility index (Phi) is 6.28. The highest BCUT2D eigenvalue weighted by atomic mass is 16.5. The molecule has 3 aromatic heterocycles. The van der Waals surface area contributed by atoms with Gasteiger partial charge in [0.15, 0.2) is 11.2 Å². The van der Waals surface area contributed by atoms with Gasteiger partial charge in [0.05, 0.1) is 6.61 Å². The second kappa shape index (κ2) is 8.87. The summed E-state index contributed by atoms with van der Waals surface area (Å²) in [5.74, 6) is 1.10. The van der Waals surface area contributed by atoms with Crippen LogP contribution in [0.1, 0.15) is 25.2 Å². The zero-order valence-electron chi connectivity index (χ0n) is 17.1. The molecular formula is C20H25N5O4. The number of hydrogen-bond acceptors (Lipinski definition) is 6. The molecule has 0 spiro atoms. The normalized spacial score (nSPS) is 11.6. The molecule has 9 heteroatoms. The lowest BCUT2D eigenvalue weighted by Gasteiger charge is -2.08. The number of imidazole rings is 1. The fraction of sp³-hybridized carbons (Fsp3) is 0.400. The van der Waals surface area contributed by atoms with E-state index < -0.39 is 0 Å².